The standard InChI is InChI=1S/C21H28N4O5/c1-3-10-30-17-8-6-14(12-18(17)28-2)20-23-21(27)16(24-25-20)7-9-19(26)22-13-15-5-4-11-29-15/h6,8,12,15H,3-5,7,9-11,13H2,1-2H3,(H,22,26)(H,23,25,27)/t15-/m0/s1. The second-order valence-electron chi connectivity index (χ2n) is 7.10. The zero-order valence-corrected chi connectivity index (χ0v) is 17.4. The third kappa shape index (κ3) is 5.79. The fourth-order valence-corrected chi connectivity index (χ4v) is 3.15. The number of amides is 1. The van der Waals surface area contributed by atoms with Crippen LogP contribution in [-0.2, 0) is 16.0 Å². The van der Waals surface area contributed by atoms with Crippen molar-refractivity contribution in [2.24, 2.45) is 0 Å². The van der Waals surface area contributed by atoms with E-state index in [0.29, 0.717) is 36.0 Å². The fraction of sp³-hybridized carbons (Fsp3) is 0.524. The van der Waals surface area contributed by atoms with Crippen LogP contribution in [0.15, 0.2) is 23.0 Å². The van der Waals surface area contributed by atoms with Gasteiger partial charge in [-0.15, -0.1) is 10.2 Å². The molecule has 30 heavy (non-hydrogen) atoms. The highest BCUT2D eigenvalue weighted by Gasteiger charge is 2.17. The van der Waals surface area contributed by atoms with Crippen molar-refractivity contribution in [1.82, 2.24) is 20.5 Å². The van der Waals surface area contributed by atoms with Gasteiger partial charge in [-0.25, -0.2) is 0 Å². The number of nitrogens with zero attached hydrogens (tertiary/aromatic N) is 2. The molecule has 2 heterocycles. The Morgan fingerprint density at radius 2 is 2.20 bits per heavy atom. The average Bonchev–Trinajstić information content (AvgIpc) is 3.29. The van der Waals surface area contributed by atoms with Crippen LogP contribution in [0, 0.1) is 0 Å². The van der Waals surface area contributed by atoms with E-state index in [1.165, 1.54) is 0 Å². The summed E-state index contributed by atoms with van der Waals surface area (Å²) in [5.74, 6) is 1.37. The van der Waals surface area contributed by atoms with E-state index < -0.39 is 0 Å². The molecule has 1 atom stereocenters. The maximum absolute atomic E-state index is 12.4. The van der Waals surface area contributed by atoms with Gasteiger partial charge >= 0.3 is 0 Å². The topological polar surface area (TPSA) is 115 Å². The number of rotatable bonds is 10. The Balaban J connectivity index is 1.60. The molecule has 2 N–H and O–H groups in total. The maximum Gasteiger partial charge on any atom is 0.273 e. The van der Waals surface area contributed by atoms with Gasteiger partial charge < -0.3 is 24.5 Å². The van der Waals surface area contributed by atoms with Gasteiger partial charge in [0, 0.05) is 31.6 Å². The minimum atomic E-state index is -0.364. The molecule has 1 aromatic carbocycles. The molecule has 1 aliphatic heterocycles. The fourth-order valence-electron chi connectivity index (χ4n) is 3.15. The van der Waals surface area contributed by atoms with Gasteiger partial charge in [0.1, 0.15) is 5.69 Å². The van der Waals surface area contributed by atoms with E-state index in [1.54, 1.807) is 25.3 Å². The lowest BCUT2D eigenvalue weighted by atomic mass is 10.2. The summed E-state index contributed by atoms with van der Waals surface area (Å²) in [6.45, 7) is 3.86. The minimum Gasteiger partial charge on any atom is -0.493 e. The first-order chi connectivity index (χ1) is 14.6. The Kier molecular flexibility index (Phi) is 7.78. The van der Waals surface area contributed by atoms with E-state index in [-0.39, 0.29) is 36.1 Å². The lowest BCUT2D eigenvalue weighted by Gasteiger charge is -2.11. The Bertz CT molecular complexity index is 909. The lowest BCUT2D eigenvalue weighted by Crippen LogP contribution is -2.32. The number of hydrogen-bond acceptors (Lipinski definition) is 7. The zero-order valence-electron chi connectivity index (χ0n) is 17.4. The van der Waals surface area contributed by atoms with Gasteiger partial charge in [0.2, 0.25) is 5.91 Å². The van der Waals surface area contributed by atoms with Crippen molar-refractivity contribution < 1.29 is 19.0 Å². The quantitative estimate of drug-likeness (QED) is 0.607. The molecule has 1 amide bonds. The van der Waals surface area contributed by atoms with Crippen LogP contribution in [0.5, 0.6) is 11.5 Å². The first-order valence-electron chi connectivity index (χ1n) is 10.3. The van der Waals surface area contributed by atoms with Crippen LogP contribution >= 0.6 is 0 Å². The predicted molar refractivity (Wildman–Crippen MR) is 111 cm³/mol. The van der Waals surface area contributed by atoms with Crippen molar-refractivity contribution in [3.05, 3.63) is 34.2 Å². The van der Waals surface area contributed by atoms with Crippen LogP contribution in [0.4, 0.5) is 0 Å². The van der Waals surface area contributed by atoms with Crippen molar-refractivity contribution in [2.75, 3.05) is 26.9 Å². The molecule has 1 aromatic heterocycles. The number of ether oxygens (including phenoxy) is 3. The zero-order chi connectivity index (χ0) is 21.3. The number of carbonyl (C=O) groups is 1. The molecule has 0 radical (unpaired) electrons. The third-order valence-corrected chi connectivity index (χ3v) is 4.80. The molecule has 0 bridgehead atoms. The van der Waals surface area contributed by atoms with Gasteiger partial charge in [-0.05, 0) is 37.5 Å². The molecule has 9 nitrogen and oxygen atoms in total. The number of H-pyrrole nitrogens is 1. The molecule has 1 fully saturated rings. The van der Waals surface area contributed by atoms with E-state index in [4.69, 9.17) is 14.2 Å². The highest BCUT2D eigenvalue weighted by molar-refractivity contribution is 5.76. The summed E-state index contributed by atoms with van der Waals surface area (Å²) in [6, 6.07) is 5.30. The second kappa shape index (κ2) is 10.7. The number of nitrogens with one attached hydrogen (secondary N) is 2. The van der Waals surface area contributed by atoms with E-state index in [2.05, 4.69) is 20.5 Å². The first kappa shape index (κ1) is 21.8. The average molecular weight is 416 g/mol. The van der Waals surface area contributed by atoms with Crippen molar-refractivity contribution in [2.45, 2.75) is 45.1 Å². The van der Waals surface area contributed by atoms with Gasteiger partial charge in [-0.1, -0.05) is 6.92 Å². The molecule has 3 rings (SSSR count). The van der Waals surface area contributed by atoms with Crippen LogP contribution in [0.25, 0.3) is 11.4 Å². The minimum absolute atomic E-state index is 0.0900. The first-order valence-corrected chi connectivity index (χ1v) is 10.3. The molecule has 2 aromatic rings. The van der Waals surface area contributed by atoms with Crippen LogP contribution in [0.1, 0.15) is 38.3 Å². The summed E-state index contributed by atoms with van der Waals surface area (Å²) in [5.41, 5.74) is 0.513. The van der Waals surface area contributed by atoms with Crippen molar-refractivity contribution >= 4 is 5.91 Å². The van der Waals surface area contributed by atoms with Crippen molar-refractivity contribution in [3.63, 3.8) is 0 Å². The molecule has 1 saturated heterocycles. The number of aromatic nitrogens is 3. The molecule has 9 heteroatoms. The van der Waals surface area contributed by atoms with Gasteiger partial charge in [-0.3, -0.25) is 9.59 Å². The monoisotopic (exact) mass is 416 g/mol. The van der Waals surface area contributed by atoms with E-state index in [0.717, 1.165) is 25.9 Å². The number of aromatic amines is 1. The van der Waals surface area contributed by atoms with Crippen molar-refractivity contribution in [1.29, 1.82) is 0 Å². The molecule has 162 valence electrons. The van der Waals surface area contributed by atoms with E-state index in [9.17, 15) is 9.59 Å². The van der Waals surface area contributed by atoms with Gasteiger partial charge in [0.05, 0.1) is 19.8 Å². The Morgan fingerprint density at radius 1 is 1.33 bits per heavy atom. The summed E-state index contributed by atoms with van der Waals surface area (Å²) in [4.78, 5) is 27.1. The van der Waals surface area contributed by atoms with Crippen molar-refractivity contribution in [3.8, 4) is 22.9 Å². The SMILES string of the molecule is CCCOc1ccc(-c2nnc(CCC(=O)NC[C@@H]3CCCO3)c(=O)[nH]2)cc1OC. The van der Waals surface area contributed by atoms with E-state index >= 15 is 0 Å². The van der Waals surface area contributed by atoms with Crippen LogP contribution in [0.3, 0.4) is 0 Å². The summed E-state index contributed by atoms with van der Waals surface area (Å²) < 4.78 is 16.5. The molecular weight excluding hydrogens is 388 g/mol. The largest absolute Gasteiger partial charge is 0.493 e. The van der Waals surface area contributed by atoms with Crippen LogP contribution < -0.4 is 20.3 Å². The number of aryl methyl sites for hydroxylation is 1. The van der Waals surface area contributed by atoms with Crippen LogP contribution in [-0.4, -0.2) is 54.1 Å². The van der Waals surface area contributed by atoms with Crippen LogP contribution in [0.2, 0.25) is 0 Å². The molecular formula is C21H28N4O5. The summed E-state index contributed by atoms with van der Waals surface area (Å²) >= 11 is 0. The molecule has 0 aliphatic carbocycles. The molecule has 0 unspecified atom stereocenters. The summed E-state index contributed by atoms with van der Waals surface area (Å²) in [7, 11) is 1.55. The second-order valence-corrected chi connectivity index (χ2v) is 7.10. The van der Waals surface area contributed by atoms with Gasteiger partial charge in [-0.2, -0.15) is 0 Å². The normalized spacial score (nSPS) is 15.7. The highest BCUT2D eigenvalue weighted by Crippen LogP contribution is 2.31. The third-order valence-electron chi connectivity index (χ3n) is 4.80. The smallest absolute Gasteiger partial charge is 0.273 e. The Morgan fingerprint density at radius 3 is 2.90 bits per heavy atom. The lowest BCUT2D eigenvalue weighted by molar-refractivity contribution is -0.121. The van der Waals surface area contributed by atoms with Gasteiger partial charge in [0.25, 0.3) is 5.56 Å². The number of carbonyl (C=O) groups excluding carboxylic acids is 1. The number of benzene rings is 1. The predicted octanol–water partition coefficient (Wildman–Crippen LogP) is 1.86. The Labute approximate surface area is 175 Å². The maximum atomic E-state index is 12.4. The number of methoxy groups -OCH3 is 1. The molecule has 1 aliphatic rings. The molecule has 0 spiro atoms. The highest BCUT2D eigenvalue weighted by atomic mass is 16.5. The molecule has 0 saturated carbocycles. The Hall–Kier alpha value is -2.94. The summed E-state index contributed by atoms with van der Waals surface area (Å²) in [6.07, 6.45) is 3.35. The summed E-state index contributed by atoms with van der Waals surface area (Å²) in [5, 5.41) is 11.0. The number of hydrogen-bond donors (Lipinski definition) is 2. The van der Waals surface area contributed by atoms with Gasteiger partial charge in [0.15, 0.2) is 17.3 Å². The van der Waals surface area contributed by atoms with E-state index in [1.807, 2.05) is 6.92 Å².